The molecule has 0 bridgehead atoms. The summed E-state index contributed by atoms with van der Waals surface area (Å²) < 4.78 is 0. The number of hydrogen-bond donors (Lipinski definition) is 0. The second-order valence-corrected chi connectivity index (χ2v) is 3.93. The van der Waals surface area contributed by atoms with Crippen LogP contribution in [0.3, 0.4) is 0 Å². The van der Waals surface area contributed by atoms with E-state index in [0.29, 0.717) is 0 Å². The lowest BCUT2D eigenvalue weighted by molar-refractivity contribution is 1.04. The first-order valence-electron chi connectivity index (χ1n) is 6.81. The summed E-state index contributed by atoms with van der Waals surface area (Å²) in [6.45, 7) is 5.77. The molecule has 0 amide bonds. The van der Waals surface area contributed by atoms with Crippen LogP contribution in [-0.2, 0) is 0 Å². The van der Waals surface area contributed by atoms with Gasteiger partial charge in [-0.1, -0.05) is 73.8 Å². The van der Waals surface area contributed by atoms with Crippen molar-refractivity contribution in [2.45, 2.75) is 39.0 Å². The third kappa shape index (κ3) is 14.4. The molecule has 0 aliphatic heterocycles. The summed E-state index contributed by atoms with van der Waals surface area (Å²) in [6.07, 6.45) is 28.7. The molecule has 0 atom stereocenters. The van der Waals surface area contributed by atoms with Gasteiger partial charge in [0.15, 0.2) is 0 Å². The Kier molecular flexibility index (Phi) is 14.1. The highest BCUT2D eigenvalue weighted by atomic mass is 13.8. The lowest BCUT2D eigenvalue weighted by Crippen LogP contribution is -1.61. The normalized spacial score (nSPS) is 14.3. The maximum absolute atomic E-state index is 3.62. The molecule has 0 fully saturated rings. The van der Waals surface area contributed by atoms with Crippen LogP contribution < -0.4 is 0 Å². The van der Waals surface area contributed by atoms with Gasteiger partial charge >= 0.3 is 0 Å². The largest absolute Gasteiger partial charge is 0.103 e. The number of unbranched alkanes of at least 4 members (excludes halogenated alkanes) is 1. The zero-order chi connectivity index (χ0) is 13.3. The third-order valence-corrected chi connectivity index (χ3v) is 2.25. The van der Waals surface area contributed by atoms with Gasteiger partial charge < -0.3 is 0 Å². The highest BCUT2D eigenvalue weighted by Crippen LogP contribution is 1.94. The van der Waals surface area contributed by atoms with Crippen LogP contribution in [0, 0.1) is 0 Å². The average Bonchev–Trinajstić information content (AvgIpc) is 3.12. The predicted molar refractivity (Wildman–Crippen MR) is 84.7 cm³/mol. The fourth-order valence-corrected chi connectivity index (χ4v) is 1.28. The SMILES string of the molecule is C1=CCC=C1.C1=CCC=C1.C=CCCC=CCC. The zero-order valence-corrected chi connectivity index (χ0v) is 11.6. The summed E-state index contributed by atoms with van der Waals surface area (Å²) in [4.78, 5) is 0. The molecule has 0 aromatic carbocycles. The first-order valence-corrected chi connectivity index (χ1v) is 6.81. The van der Waals surface area contributed by atoms with Gasteiger partial charge in [-0.3, -0.25) is 0 Å². The monoisotopic (exact) mass is 242 g/mol. The topological polar surface area (TPSA) is 0 Å². The molecule has 0 aromatic heterocycles. The van der Waals surface area contributed by atoms with Gasteiger partial charge in [0.2, 0.25) is 0 Å². The van der Waals surface area contributed by atoms with Crippen molar-refractivity contribution in [1.82, 2.24) is 0 Å². The third-order valence-electron chi connectivity index (χ3n) is 2.25. The number of allylic oxidation sites excluding steroid dienone is 11. The Morgan fingerprint density at radius 3 is 1.61 bits per heavy atom. The molecule has 2 rings (SSSR count). The molecular formula is C18H26. The highest BCUT2D eigenvalue weighted by molar-refractivity contribution is 5.12. The Balaban J connectivity index is 0.000000250. The second-order valence-electron chi connectivity index (χ2n) is 3.93. The van der Waals surface area contributed by atoms with E-state index < -0.39 is 0 Å². The Morgan fingerprint density at radius 2 is 1.33 bits per heavy atom. The minimum absolute atomic E-state index is 1.11. The molecule has 2 aliphatic carbocycles. The van der Waals surface area contributed by atoms with Crippen LogP contribution in [0.1, 0.15) is 39.0 Å². The van der Waals surface area contributed by atoms with Crippen LogP contribution >= 0.6 is 0 Å². The maximum atomic E-state index is 3.62. The Bertz CT molecular complexity index is 269. The first kappa shape index (κ1) is 16.4. The number of rotatable bonds is 4. The van der Waals surface area contributed by atoms with E-state index in [0.717, 1.165) is 32.1 Å². The van der Waals surface area contributed by atoms with Crippen LogP contribution in [-0.4, -0.2) is 0 Å². The first-order chi connectivity index (χ1) is 8.91. The molecule has 0 saturated heterocycles. The molecule has 0 heterocycles. The lowest BCUT2D eigenvalue weighted by Gasteiger charge is -1.81. The van der Waals surface area contributed by atoms with Gasteiger partial charge in [0.25, 0.3) is 0 Å². The van der Waals surface area contributed by atoms with Crippen molar-refractivity contribution >= 4 is 0 Å². The van der Waals surface area contributed by atoms with Gasteiger partial charge in [-0.05, 0) is 32.1 Å². The summed E-state index contributed by atoms with van der Waals surface area (Å²) in [5.74, 6) is 0. The Hall–Kier alpha value is -1.56. The summed E-state index contributed by atoms with van der Waals surface area (Å²) in [6, 6.07) is 0. The van der Waals surface area contributed by atoms with Crippen molar-refractivity contribution in [1.29, 1.82) is 0 Å². The molecule has 0 unspecified atom stereocenters. The van der Waals surface area contributed by atoms with E-state index >= 15 is 0 Å². The van der Waals surface area contributed by atoms with E-state index in [1.165, 1.54) is 0 Å². The summed E-state index contributed by atoms with van der Waals surface area (Å²) in [5, 5.41) is 0. The molecule has 0 saturated carbocycles. The van der Waals surface area contributed by atoms with E-state index in [1.54, 1.807) is 0 Å². The molecule has 0 heteroatoms. The van der Waals surface area contributed by atoms with Crippen molar-refractivity contribution in [2.24, 2.45) is 0 Å². The molecule has 0 aromatic rings. The summed E-state index contributed by atoms with van der Waals surface area (Å²) in [7, 11) is 0. The predicted octanol–water partition coefficient (Wildman–Crippen LogP) is 5.92. The minimum atomic E-state index is 1.11. The Morgan fingerprint density at radius 1 is 0.833 bits per heavy atom. The Labute approximate surface area is 113 Å². The smallest absolute Gasteiger partial charge is 0.0163 e. The molecule has 98 valence electrons. The van der Waals surface area contributed by atoms with Crippen LogP contribution in [0.4, 0.5) is 0 Å². The summed E-state index contributed by atoms with van der Waals surface area (Å²) in [5.41, 5.74) is 0. The van der Waals surface area contributed by atoms with Gasteiger partial charge in [-0.2, -0.15) is 0 Å². The van der Waals surface area contributed by atoms with E-state index in [2.05, 4.69) is 74.3 Å². The van der Waals surface area contributed by atoms with Crippen molar-refractivity contribution in [2.75, 3.05) is 0 Å². The van der Waals surface area contributed by atoms with Gasteiger partial charge in [-0.15, -0.1) is 6.58 Å². The standard InChI is InChI=1S/C8H14.2C5H6/c1-3-5-7-8-6-4-2;2*1-2-4-5-3-1/h3,6,8H,1,4-5,7H2,2H3;2*1-4H,5H2. The molecule has 0 N–H and O–H groups in total. The molecule has 0 nitrogen and oxygen atoms in total. The van der Waals surface area contributed by atoms with Crippen molar-refractivity contribution in [3.05, 3.63) is 73.4 Å². The van der Waals surface area contributed by atoms with E-state index in [1.807, 2.05) is 6.08 Å². The van der Waals surface area contributed by atoms with Crippen LogP contribution in [0.5, 0.6) is 0 Å². The van der Waals surface area contributed by atoms with Crippen molar-refractivity contribution in [3.63, 3.8) is 0 Å². The quantitative estimate of drug-likeness (QED) is 0.424. The van der Waals surface area contributed by atoms with Crippen LogP contribution in [0.15, 0.2) is 73.4 Å². The van der Waals surface area contributed by atoms with Gasteiger partial charge in [-0.25, -0.2) is 0 Å². The second kappa shape index (κ2) is 15.4. The van der Waals surface area contributed by atoms with Gasteiger partial charge in [0.1, 0.15) is 0 Å². The maximum Gasteiger partial charge on any atom is -0.0163 e. The van der Waals surface area contributed by atoms with Crippen LogP contribution in [0.25, 0.3) is 0 Å². The van der Waals surface area contributed by atoms with Gasteiger partial charge in [0.05, 0.1) is 0 Å². The zero-order valence-electron chi connectivity index (χ0n) is 11.6. The number of hydrogen-bond acceptors (Lipinski definition) is 0. The van der Waals surface area contributed by atoms with Crippen LogP contribution in [0.2, 0.25) is 0 Å². The average molecular weight is 242 g/mol. The fourth-order valence-electron chi connectivity index (χ4n) is 1.28. The molecule has 0 spiro atoms. The van der Waals surface area contributed by atoms with E-state index in [-0.39, 0.29) is 0 Å². The molecule has 2 aliphatic rings. The molecular weight excluding hydrogens is 216 g/mol. The molecule has 18 heavy (non-hydrogen) atoms. The lowest BCUT2D eigenvalue weighted by atomic mass is 10.3. The van der Waals surface area contributed by atoms with Gasteiger partial charge in [0, 0.05) is 0 Å². The fraction of sp³-hybridized carbons (Fsp3) is 0.333. The minimum Gasteiger partial charge on any atom is -0.103 e. The molecule has 0 radical (unpaired) electrons. The van der Waals surface area contributed by atoms with E-state index in [9.17, 15) is 0 Å². The van der Waals surface area contributed by atoms with Crippen molar-refractivity contribution in [3.8, 4) is 0 Å². The summed E-state index contributed by atoms with van der Waals surface area (Å²) >= 11 is 0. The highest BCUT2D eigenvalue weighted by Gasteiger charge is 1.72. The van der Waals surface area contributed by atoms with Crippen molar-refractivity contribution < 1.29 is 0 Å². The van der Waals surface area contributed by atoms with E-state index in [4.69, 9.17) is 0 Å².